The SMILES string of the molecule is Cc1ccc(S(=O)(=O)N2CCCc3cc(NS(=O)(=O)CCc4ccccc4)ccc32)cc1. The van der Waals surface area contributed by atoms with Crippen molar-refractivity contribution in [3.63, 3.8) is 0 Å². The third-order valence-electron chi connectivity index (χ3n) is 5.54. The quantitative estimate of drug-likeness (QED) is 0.563. The maximum atomic E-state index is 13.2. The Kier molecular flexibility index (Phi) is 6.26. The summed E-state index contributed by atoms with van der Waals surface area (Å²) in [6, 6.07) is 21.3. The molecule has 168 valence electrons. The number of fused-ring (bicyclic) bond motifs is 1. The molecule has 8 heteroatoms. The molecule has 0 atom stereocenters. The summed E-state index contributed by atoms with van der Waals surface area (Å²) in [7, 11) is -7.21. The van der Waals surface area contributed by atoms with Crippen LogP contribution in [0.4, 0.5) is 11.4 Å². The van der Waals surface area contributed by atoms with Crippen LogP contribution in [0, 0.1) is 6.92 Å². The van der Waals surface area contributed by atoms with E-state index in [9.17, 15) is 16.8 Å². The molecule has 0 saturated heterocycles. The third kappa shape index (κ3) is 4.97. The molecule has 3 aromatic rings. The van der Waals surface area contributed by atoms with Crippen LogP contribution < -0.4 is 9.03 Å². The van der Waals surface area contributed by atoms with E-state index >= 15 is 0 Å². The summed E-state index contributed by atoms with van der Waals surface area (Å²) in [6.45, 7) is 2.31. The van der Waals surface area contributed by atoms with E-state index in [4.69, 9.17) is 0 Å². The normalized spacial score (nSPS) is 14.1. The van der Waals surface area contributed by atoms with E-state index in [2.05, 4.69) is 4.72 Å². The van der Waals surface area contributed by atoms with Gasteiger partial charge in [0.05, 0.1) is 16.3 Å². The number of nitrogens with zero attached hydrogens (tertiary/aromatic N) is 1. The van der Waals surface area contributed by atoms with Crippen LogP contribution in [0.2, 0.25) is 0 Å². The van der Waals surface area contributed by atoms with Gasteiger partial charge in [-0.15, -0.1) is 0 Å². The largest absolute Gasteiger partial charge is 0.284 e. The minimum atomic E-state index is -3.68. The van der Waals surface area contributed by atoms with Crippen LogP contribution in [-0.2, 0) is 32.9 Å². The van der Waals surface area contributed by atoms with Crippen molar-refractivity contribution >= 4 is 31.4 Å². The van der Waals surface area contributed by atoms with Crippen LogP contribution in [0.15, 0.2) is 77.7 Å². The summed E-state index contributed by atoms with van der Waals surface area (Å²) >= 11 is 0. The van der Waals surface area contributed by atoms with Gasteiger partial charge >= 0.3 is 0 Å². The van der Waals surface area contributed by atoms with Crippen molar-refractivity contribution in [1.29, 1.82) is 0 Å². The first kappa shape index (κ1) is 22.4. The molecule has 0 aliphatic carbocycles. The molecule has 0 unspecified atom stereocenters. The second-order valence-corrected chi connectivity index (χ2v) is 11.7. The van der Waals surface area contributed by atoms with Gasteiger partial charge in [0.25, 0.3) is 10.0 Å². The van der Waals surface area contributed by atoms with Gasteiger partial charge in [-0.3, -0.25) is 9.03 Å². The zero-order chi connectivity index (χ0) is 22.8. The van der Waals surface area contributed by atoms with Crippen LogP contribution in [0.1, 0.15) is 23.1 Å². The average molecular weight is 471 g/mol. The fraction of sp³-hybridized carbons (Fsp3) is 0.250. The lowest BCUT2D eigenvalue weighted by Crippen LogP contribution is -2.35. The highest BCUT2D eigenvalue weighted by Crippen LogP contribution is 2.34. The standard InChI is InChI=1S/C24H26N2O4S2/c1-19-9-12-23(13-10-19)32(29,30)26-16-5-8-21-18-22(11-14-24(21)26)25-31(27,28)17-15-20-6-3-2-4-7-20/h2-4,6-7,9-14,18,25H,5,8,15-17H2,1H3. The van der Waals surface area contributed by atoms with Crippen LogP contribution in [-0.4, -0.2) is 29.1 Å². The van der Waals surface area contributed by atoms with E-state index in [1.54, 1.807) is 42.5 Å². The smallest absolute Gasteiger partial charge is 0.264 e. The Morgan fingerprint density at radius 3 is 2.34 bits per heavy atom. The number of anilines is 2. The zero-order valence-electron chi connectivity index (χ0n) is 17.9. The highest BCUT2D eigenvalue weighted by Gasteiger charge is 2.29. The van der Waals surface area contributed by atoms with Crippen molar-refractivity contribution in [3.05, 3.63) is 89.5 Å². The Bertz CT molecular complexity index is 1300. The van der Waals surface area contributed by atoms with E-state index in [1.165, 1.54) is 4.31 Å². The first-order valence-corrected chi connectivity index (χ1v) is 13.6. The van der Waals surface area contributed by atoms with Gasteiger partial charge in [0.2, 0.25) is 10.0 Å². The summed E-state index contributed by atoms with van der Waals surface area (Å²) in [4.78, 5) is 0.252. The highest BCUT2D eigenvalue weighted by atomic mass is 32.2. The monoisotopic (exact) mass is 470 g/mol. The molecule has 0 amide bonds. The second-order valence-electron chi connectivity index (χ2n) is 7.99. The third-order valence-corrected chi connectivity index (χ3v) is 8.66. The van der Waals surface area contributed by atoms with Crippen molar-refractivity contribution in [1.82, 2.24) is 0 Å². The topological polar surface area (TPSA) is 83.6 Å². The van der Waals surface area contributed by atoms with E-state index in [1.807, 2.05) is 37.3 Å². The lowest BCUT2D eigenvalue weighted by molar-refractivity contribution is 0.586. The number of hydrogen-bond donors (Lipinski definition) is 1. The summed E-state index contributed by atoms with van der Waals surface area (Å²) in [5.41, 5.74) is 3.82. The molecule has 0 spiro atoms. The van der Waals surface area contributed by atoms with Gasteiger partial charge in [0.1, 0.15) is 0 Å². The van der Waals surface area contributed by atoms with Crippen LogP contribution in [0.3, 0.4) is 0 Å². The fourth-order valence-corrected chi connectivity index (χ4v) is 6.47. The highest BCUT2D eigenvalue weighted by molar-refractivity contribution is 7.93. The molecule has 1 heterocycles. The van der Waals surface area contributed by atoms with E-state index in [0.29, 0.717) is 37.2 Å². The predicted molar refractivity (Wildman–Crippen MR) is 128 cm³/mol. The lowest BCUT2D eigenvalue weighted by Gasteiger charge is -2.31. The Balaban J connectivity index is 1.53. The summed E-state index contributed by atoms with van der Waals surface area (Å²) in [5.74, 6) is -0.0258. The molecule has 3 aromatic carbocycles. The molecule has 4 rings (SSSR count). The summed E-state index contributed by atoms with van der Waals surface area (Å²) in [6.07, 6.45) is 1.78. The van der Waals surface area contributed by atoms with Gasteiger partial charge < -0.3 is 0 Å². The summed E-state index contributed by atoms with van der Waals surface area (Å²) < 4.78 is 55.6. The Hall–Kier alpha value is -2.84. The molecule has 0 fully saturated rings. The molecule has 32 heavy (non-hydrogen) atoms. The van der Waals surface area contributed by atoms with Crippen molar-refractivity contribution in [2.45, 2.75) is 31.1 Å². The number of aryl methyl sites for hydroxylation is 3. The van der Waals surface area contributed by atoms with Crippen molar-refractivity contribution < 1.29 is 16.8 Å². The lowest BCUT2D eigenvalue weighted by atomic mass is 10.0. The van der Waals surface area contributed by atoms with Gasteiger partial charge in [-0.25, -0.2) is 16.8 Å². The van der Waals surface area contributed by atoms with Gasteiger partial charge in [-0.1, -0.05) is 48.0 Å². The number of nitrogens with one attached hydrogen (secondary N) is 1. The van der Waals surface area contributed by atoms with Crippen molar-refractivity contribution in [2.75, 3.05) is 21.3 Å². The molecule has 0 saturated carbocycles. The summed E-state index contributed by atoms with van der Waals surface area (Å²) in [5, 5.41) is 0. The maximum absolute atomic E-state index is 13.2. The predicted octanol–water partition coefficient (Wildman–Crippen LogP) is 4.12. The van der Waals surface area contributed by atoms with Crippen LogP contribution in [0.25, 0.3) is 0 Å². The van der Waals surface area contributed by atoms with Crippen LogP contribution in [0.5, 0.6) is 0 Å². The van der Waals surface area contributed by atoms with Crippen LogP contribution >= 0.6 is 0 Å². The first-order valence-electron chi connectivity index (χ1n) is 10.5. The molecule has 1 aliphatic rings. The number of benzene rings is 3. The van der Waals surface area contributed by atoms with Gasteiger partial charge in [-0.2, -0.15) is 0 Å². The molecule has 6 nitrogen and oxygen atoms in total. The van der Waals surface area contributed by atoms with E-state index in [0.717, 1.165) is 16.7 Å². The van der Waals surface area contributed by atoms with E-state index in [-0.39, 0.29) is 10.6 Å². The molecular weight excluding hydrogens is 444 g/mol. The first-order chi connectivity index (χ1) is 15.2. The van der Waals surface area contributed by atoms with Gasteiger partial charge in [-0.05, 0) is 67.6 Å². The average Bonchev–Trinajstić information content (AvgIpc) is 2.78. The van der Waals surface area contributed by atoms with Gasteiger partial charge in [0.15, 0.2) is 0 Å². The minimum Gasteiger partial charge on any atom is -0.284 e. The maximum Gasteiger partial charge on any atom is 0.264 e. The van der Waals surface area contributed by atoms with Gasteiger partial charge in [0, 0.05) is 12.2 Å². The Labute approximate surface area is 190 Å². The second kappa shape index (κ2) is 8.96. The molecular formula is C24H26N2O4S2. The number of sulfonamides is 2. The number of hydrogen-bond acceptors (Lipinski definition) is 4. The van der Waals surface area contributed by atoms with Crippen molar-refractivity contribution in [2.24, 2.45) is 0 Å². The molecule has 1 N–H and O–H groups in total. The Morgan fingerprint density at radius 2 is 1.62 bits per heavy atom. The Morgan fingerprint density at radius 1 is 0.906 bits per heavy atom. The molecule has 0 radical (unpaired) electrons. The zero-order valence-corrected chi connectivity index (χ0v) is 19.5. The molecule has 0 bridgehead atoms. The number of rotatable bonds is 7. The van der Waals surface area contributed by atoms with Crippen molar-refractivity contribution in [3.8, 4) is 0 Å². The molecule has 0 aromatic heterocycles. The molecule has 1 aliphatic heterocycles. The van der Waals surface area contributed by atoms with E-state index < -0.39 is 20.0 Å². The minimum absolute atomic E-state index is 0.0258. The fourth-order valence-electron chi connectivity index (χ4n) is 3.84.